The number of benzene rings is 2. The lowest BCUT2D eigenvalue weighted by atomic mass is 10.1. The molecule has 1 heterocycles. The van der Waals surface area contributed by atoms with Gasteiger partial charge in [0.15, 0.2) is 9.84 Å². The van der Waals surface area contributed by atoms with Gasteiger partial charge in [0.1, 0.15) is 5.75 Å². The Morgan fingerprint density at radius 1 is 1.08 bits per heavy atom. The number of rotatable bonds is 4. The van der Waals surface area contributed by atoms with E-state index < -0.39 is 15.9 Å². The molecule has 0 bridgehead atoms. The normalized spacial score (nSPS) is 18.3. The summed E-state index contributed by atoms with van der Waals surface area (Å²) in [6.45, 7) is 0. The van der Waals surface area contributed by atoms with Crippen LogP contribution in [0.4, 0.5) is 5.69 Å². The van der Waals surface area contributed by atoms with E-state index in [0.717, 1.165) is 0 Å². The summed E-state index contributed by atoms with van der Waals surface area (Å²) in [6, 6.07) is 15.3. The van der Waals surface area contributed by atoms with E-state index >= 15 is 0 Å². The maximum absolute atomic E-state index is 13.0. The highest BCUT2D eigenvalue weighted by Gasteiger charge is 2.31. The van der Waals surface area contributed by atoms with Crippen molar-refractivity contribution >= 4 is 21.4 Å². The zero-order valence-corrected chi connectivity index (χ0v) is 13.9. The van der Waals surface area contributed by atoms with Crippen LogP contribution in [-0.4, -0.2) is 33.2 Å². The second-order valence-corrected chi connectivity index (χ2v) is 7.40. The molecule has 24 heavy (non-hydrogen) atoms. The molecule has 0 aliphatic carbocycles. The molecule has 1 amide bonds. The molecule has 2 aromatic carbocycles. The van der Waals surface area contributed by atoms with Crippen LogP contribution in [0.2, 0.25) is 0 Å². The van der Waals surface area contributed by atoms with E-state index in [0.29, 0.717) is 17.0 Å². The van der Waals surface area contributed by atoms with E-state index in [4.69, 9.17) is 4.74 Å². The van der Waals surface area contributed by atoms with Crippen LogP contribution >= 0.6 is 0 Å². The lowest BCUT2D eigenvalue weighted by Gasteiger charge is -2.27. The minimum absolute atomic E-state index is 0.107. The zero-order chi connectivity index (χ0) is 17.2. The molecule has 0 saturated carbocycles. The summed E-state index contributed by atoms with van der Waals surface area (Å²) in [5.74, 6) is 0.292. The van der Waals surface area contributed by atoms with Crippen molar-refractivity contribution in [1.29, 1.82) is 0 Å². The summed E-state index contributed by atoms with van der Waals surface area (Å²) in [5.41, 5.74) is 1.13. The maximum atomic E-state index is 13.0. The van der Waals surface area contributed by atoms with Gasteiger partial charge in [-0.2, -0.15) is 0 Å². The summed E-state index contributed by atoms with van der Waals surface area (Å²) in [7, 11) is -1.71. The quantitative estimate of drug-likeness (QED) is 0.856. The topological polar surface area (TPSA) is 63.7 Å². The fourth-order valence-electron chi connectivity index (χ4n) is 2.64. The SMILES string of the molecule is COc1ccc(C(=O)N(c2ccccc2)[C@@H]2C=CS(=O)(=O)C2)cc1. The standard InChI is InChI=1S/C18H17NO4S/c1-23-17-9-7-14(8-10-17)18(20)19(15-5-3-2-4-6-15)16-11-12-24(21,22)13-16/h2-12,16H,13H2,1H3/t16-/m1/s1. The van der Waals surface area contributed by atoms with Gasteiger partial charge >= 0.3 is 0 Å². The van der Waals surface area contributed by atoms with E-state index in [1.165, 1.54) is 10.3 Å². The molecule has 1 atom stereocenters. The molecule has 3 rings (SSSR count). The van der Waals surface area contributed by atoms with E-state index in [1.54, 1.807) is 49.6 Å². The average molecular weight is 343 g/mol. The van der Waals surface area contributed by atoms with Gasteiger partial charge in [0.25, 0.3) is 5.91 Å². The Labute approximate surface area is 141 Å². The highest BCUT2D eigenvalue weighted by Crippen LogP contribution is 2.25. The molecule has 0 N–H and O–H groups in total. The molecule has 124 valence electrons. The highest BCUT2D eigenvalue weighted by molar-refractivity contribution is 7.94. The summed E-state index contributed by atoms with van der Waals surface area (Å²) in [6.07, 6.45) is 1.56. The lowest BCUT2D eigenvalue weighted by molar-refractivity contribution is 0.0983. The van der Waals surface area contributed by atoms with Crippen LogP contribution in [0.5, 0.6) is 5.75 Å². The van der Waals surface area contributed by atoms with Crippen LogP contribution in [0.3, 0.4) is 0 Å². The van der Waals surface area contributed by atoms with Gasteiger partial charge in [0.05, 0.1) is 18.9 Å². The molecule has 1 aliphatic rings. The van der Waals surface area contributed by atoms with Crippen LogP contribution in [0.1, 0.15) is 10.4 Å². The van der Waals surface area contributed by atoms with Gasteiger partial charge in [-0.3, -0.25) is 4.79 Å². The van der Waals surface area contributed by atoms with Gasteiger partial charge in [0.2, 0.25) is 0 Å². The minimum atomic E-state index is -3.27. The van der Waals surface area contributed by atoms with Gasteiger partial charge in [-0.15, -0.1) is 0 Å². The van der Waals surface area contributed by atoms with E-state index in [-0.39, 0.29) is 11.7 Å². The number of amides is 1. The van der Waals surface area contributed by atoms with Crippen LogP contribution in [0.15, 0.2) is 66.1 Å². The molecule has 2 aromatic rings. The molecule has 0 radical (unpaired) electrons. The van der Waals surface area contributed by atoms with Gasteiger partial charge in [-0.1, -0.05) is 18.2 Å². The molecular weight excluding hydrogens is 326 g/mol. The molecule has 6 heteroatoms. The number of nitrogens with zero attached hydrogens (tertiary/aromatic N) is 1. The van der Waals surface area contributed by atoms with Crippen molar-refractivity contribution in [3.8, 4) is 5.75 Å². The minimum Gasteiger partial charge on any atom is -0.497 e. The molecule has 0 saturated heterocycles. The molecule has 0 fully saturated rings. The van der Waals surface area contributed by atoms with Crippen molar-refractivity contribution in [2.45, 2.75) is 6.04 Å². The van der Waals surface area contributed by atoms with Crippen molar-refractivity contribution in [1.82, 2.24) is 0 Å². The summed E-state index contributed by atoms with van der Waals surface area (Å²) in [5, 5.41) is 1.18. The number of hydrogen-bond donors (Lipinski definition) is 0. The highest BCUT2D eigenvalue weighted by atomic mass is 32.2. The zero-order valence-electron chi connectivity index (χ0n) is 13.1. The van der Waals surface area contributed by atoms with Gasteiger partial charge in [0, 0.05) is 16.7 Å². The third kappa shape index (κ3) is 3.33. The first-order valence-electron chi connectivity index (χ1n) is 7.44. The Bertz CT molecular complexity index is 858. The molecule has 0 unspecified atom stereocenters. The van der Waals surface area contributed by atoms with Crippen molar-refractivity contribution in [2.75, 3.05) is 17.8 Å². The first kappa shape index (κ1) is 16.3. The second kappa shape index (κ2) is 6.49. The van der Waals surface area contributed by atoms with Crippen molar-refractivity contribution in [3.63, 3.8) is 0 Å². The third-order valence-corrected chi connectivity index (χ3v) is 5.21. The predicted molar refractivity (Wildman–Crippen MR) is 93.0 cm³/mol. The van der Waals surface area contributed by atoms with Gasteiger partial charge in [-0.05, 0) is 42.5 Å². The Morgan fingerprint density at radius 2 is 1.75 bits per heavy atom. The first-order chi connectivity index (χ1) is 11.5. The van der Waals surface area contributed by atoms with Crippen LogP contribution in [0, 0.1) is 0 Å². The van der Waals surface area contributed by atoms with E-state index in [2.05, 4.69) is 0 Å². The lowest BCUT2D eigenvalue weighted by Crippen LogP contribution is -2.41. The monoisotopic (exact) mass is 343 g/mol. The van der Waals surface area contributed by atoms with E-state index in [1.807, 2.05) is 18.2 Å². The molecule has 5 nitrogen and oxygen atoms in total. The largest absolute Gasteiger partial charge is 0.497 e. The Morgan fingerprint density at radius 3 is 2.29 bits per heavy atom. The number of carbonyl (C=O) groups excluding carboxylic acids is 1. The number of hydrogen-bond acceptors (Lipinski definition) is 4. The number of para-hydroxylation sites is 1. The van der Waals surface area contributed by atoms with Crippen LogP contribution in [-0.2, 0) is 9.84 Å². The van der Waals surface area contributed by atoms with Crippen molar-refractivity contribution in [2.24, 2.45) is 0 Å². The fraction of sp³-hybridized carbons (Fsp3) is 0.167. The Kier molecular flexibility index (Phi) is 4.40. The number of ether oxygens (including phenoxy) is 1. The Balaban J connectivity index is 1.98. The van der Waals surface area contributed by atoms with Crippen LogP contribution in [0.25, 0.3) is 0 Å². The summed E-state index contributed by atoms with van der Waals surface area (Å²) < 4.78 is 28.7. The smallest absolute Gasteiger partial charge is 0.258 e. The Hall–Kier alpha value is -2.60. The maximum Gasteiger partial charge on any atom is 0.258 e. The van der Waals surface area contributed by atoms with E-state index in [9.17, 15) is 13.2 Å². The fourth-order valence-corrected chi connectivity index (χ4v) is 3.91. The third-order valence-electron chi connectivity index (χ3n) is 3.83. The van der Waals surface area contributed by atoms with Crippen molar-refractivity contribution in [3.05, 3.63) is 71.6 Å². The summed E-state index contributed by atoms with van der Waals surface area (Å²) in [4.78, 5) is 14.5. The number of anilines is 1. The van der Waals surface area contributed by atoms with Gasteiger partial charge in [-0.25, -0.2) is 8.42 Å². The van der Waals surface area contributed by atoms with Crippen LogP contribution < -0.4 is 9.64 Å². The average Bonchev–Trinajstić information content (AvgIpc) is 2.95. The first-order valence-corrected chi connectivity index (χ1v) is 9.15. The molecule has 0 spiro atoms. The number of sulfone groups is 1. The second-order valence-electron chi connectivity index (χ2n) is 5.46. The summed E-state index contributed by atoms with van der Waals surface area (Å²) >= 11 is 0. The molecular formula is C18H17NO4S. The molecule has 1 aliphatic heterocycles. The van der Waals surface area contributed by atoms with Gasteiger partial charge < -0.3 is 9.64 Å². The predicted octanol–water partition coefficient (Wildman–Crippen LogP) is 2.65. The number of methoxy groups -OCH3 is 1. The number of carbonyl (C=O) groups is 1. The molecule has 0 aromatic heterocycles. The van der Waals surface area contributed by atoms with Crippen molar-refractivity contribution < 1.29 is 17.9 Å².